The van der Waals surface area contributed by atoms with Crippen LogP contribution in [0.2, 0.25) is 0 Å². The van der Waals surface area contributed by atoms with E-state index in [9.17, 15) is 9.59 Å². The van der Waals surface area contributed by atoms with Crippen LogP contribution < -0.4 is 5.43 Å². The van der Waals surface area contributed by atoms with Gasteiger partial charge in [0, 0.05) is 0 Å². The first-order chi connectivity index (χ1) is 11.2. The Labute approximate surface area is 130 Å². The van der Waals surface area contributed by atoms with Crippen LogP contribution in [0.15, 0.2) is 63.8 Å². The van der Waals surface area contributed by atoms with Gasteiger partial charge < -0.3 is 9.15 Å². The third kappa shape index (κ3) is 1.92. The molecule has 0 aliphatic heterocycles. The van der Waals surface area contributed by atoms with E-state index in [-0.39, 0.29) is 5.43 Å². The third-order valence-corrected chi connectivity index (χ3v) is 4.01. The van der Waals surface area contributed by atoms with Crippen LogP contribution in [0.5, 0.6) is 0 Å². The van der Waals surface area contributed by atoms with Crippen molar-refractivity contribution >= 4 is 38.7 Å². The lowest BCUT2D eigenvalue weighted by molar-refractivity contribution is 0.0603. The van der Waals surface area contributed by atoms with Gasteiger partial charge in [0.1, 0.15) is 11.2 Å². The van der Waals surface area contributed by atoms with Crippen molar-refractivity contribution < 1.29 is 13.9 Å². The topological polar surface area (TPSA) is 56.5 Å². The Hall–Kier alpha value is -3.14. The maximum atomic E-state index is 12.9. The van der Waals surface area contributed by atoms with E-state index in [1.54, 1.807) is 42.5 Å². The molecule has 0 spiro atoms. The van der Waals surface area contributed by atoms with Crippen molar-refractivity contribution in [1.82, 2.24) is 0 Å². The Balaban J connectivity index is 2.23. The molecule has 1 heterocycles. The number of rotatable bonds is 1. The predicted octanol–water partition coefficient (Wildman–Crippen LogP) is 3.89. The predicted molar refractivity (Wildman–Crippen MR) is 88.8 cm³/mol. The van der Waals surface area contributed by atoms with Crippen molar-refractivity contribution in [3.8, 4) is 0 Å². The number of carbonyl (C=O) groups excluding carboxylic acids is 1. The van der Waals surface area contributed by atoms with Crippen LogP contribution in [-0.4, -0.2) is 13.1 Å². The number of benzene rings is 3. The zero-order valence-electron chi connectivity index (χ0n) is 12.3. The lowest BCUT2D eigenvalue weighted by Gasteiger charge is -2.08. The van der Waals surface area contributed by atoms with Gasteiger partial charge in [-0.2, -0.15) is 0 Å². The van der Waals surface area contributed by atoms with E-state index >= 15 is 0 Å². The van der Waals surface area contributed by atoms with Crippen LogP contribution in [0.3, 0.4) is 0 Å². The summed E-state index contributed by atoms with van der Waals surface area (Å²) in [5, 5.41) is 2.36. The van der Waals surface area contributed by atoms with Crippen LogP contribution in [0, 0.1) is 0 Å². The highest BCUT2D eigenvalue weighted by atomic mass is 16.5. The van der Waals surface area contributed by atoms with Crippen molar-refractivity contribution in [3.63, 3.8) is 0 Å². The number of hydrogen-bond acceptors (Lipinski definition) is 4. The zero-order chi connectivity index (χ0) is 16.0. The molecule has 0 saturated carbocycles. The van der Waals surface area contributed by atoms with Crippen molar-refractivity contribution in [1.29, 1.82) is 0 Å². The highest BCUT2D eigenvalue weighted by molar-refractivity contribution is 6.14. The van der Waals surface area contributed by atoms with Gasteiger partial charge in [-0.15, -0.1) is 0 Å². The fraction of sp³-hybridized carbons (Fsp3) is 0.0526. The monoisotopic (exact) mass is 304 g/mol. The van der Waals surface area contributed by atoms with Crippen LogP contribution in [-0.2, 0) is 4.74 Å². The Morgan fingerprint density at radius 1 is 0.870 bits per heavy atom. The second-order valence-electron chi connectivity index (χ2n) is 5.26. The summed E-state index contributed by atoms with van der Waals surface area (Å²) in [6, 6.07) is 15.9. The molecule has 0 atom stereocenters. The van der Waals surface area contributed by atoms with Crippen LogP contribution in [0.1, 0.15) is 10.4 Å². The molecule has 0 bridgehead atoms. The summed E-state index contributed by atoms with van der Waals surface area (Å²) in [6.07, 6.45) is 0. The van der Waals surface area contributed by atoms with Crippen LogP contribution >= 0.6 is 0 Å². The number of hydrogen-bond donors (Lipinski definition) is 0. The molecule has 4 rings (SSSR count). The first-order valence-electron chi connectivity index (χ1n) is 7.16. The highest BCUT2D eigenvalue weighted by Gasteiger charge is 2.15. The Bertz CT molecular complexity index is 1140. The van der Waals surface area contributed by atoms with Gasteiger partial charge in [-0.3, -0.25) is 4.79 Å². The number of carbonyl (C=O) groups is 1. The van der Waals surface area contributed by atoms with Gasteiger partial charge in [-0.05, 0) is 41.1 Å². The summed E-state index contributed by atoms with van der Waals surface area (Å²) in [6.45, 7) is 0. The molecule has 0 radical (unpaired) electrons. The van der Waals surface area contributed by atoms with Gasteiger partial charge in [0.25, 0.3) is 0 Å². The van der Waals surface area contributed by atoms with Gasteiger partial charge >= 0.3 is 5.97 Å². The lowest BCUT2D eigenvalue weighted by atomic mass is 10.00. The first kappa shape index (κ1) is 13.5. The van der Waals surface area contributed by atoms with Crippen LogP contribution in [0.25, 0.3) is 32.7 Å². The first-order valence-corrected chi connectivity index (χ1v) is 7.16. The number of ether oxygens (including phenoxy) is 1. The van der Waals surface area contributed by atoms with E-state index in [4.69, 9.17) is 9.15 Å². The third-order valence-electron chi connectivity index (χ3n) is 4.01. The summed E-state index contributed by atoms with van der Waals surface area (Å²) in [5.74, 6) is -0.430. The molecular formula is C19H12O4. The smallest absolute Gasteiger partial charge is 0.338 e. The average Bonchev–Trinajstić information content (AvgIpc) is 2.60. The van der Waals surface area contributed by atoms with E-state index in [1.807, 2.05) is 12.1 Å². The summed E-state index contributed by atoms with van der Waals surface area (Å²) in [4.78, 5) is 24.8. The largest absolute Gasteiger partial charge is 0.465 e. The van der Waals surface area contributed by atoms with Crippen molar-refractivity contribution in [3.05, 3.63) is 70.4 Å². The number of para-hydroxylation sites is 1. The molecule has 4 nitrogen and oxygen atoms in total. The van der Waals surface area contributed by atoms with Gasteiger partial charge in [0.15, 0.2) is 0 Å². The summed E-state index contributed by atoms with van der Waals surface area (Å²) < 4.78 is 10.7. The number of esters is 1. The zero-order valence-corrected chi connectivity index (χ0v) is 12.3. The highest BCUT2D eigenvalue weighted by Crippen LogP contribution is 2.28. The number of fused-ring (bicyclic) bond motifs is 4. The van der Waals surface area contributed by atoms with E-state index < -0.39 is 5.97 Å². The molecule has 112 valence electrons. The molecule has 4 heteroatoms. The van der Waals surface area contributed by atoms with E-state index in [0.29, 0.717) is 38.3 Å². The Morgan fingerprint density at radius 3 is 2.48 bits per heavy atom. The minimum Gasteiger partial charge on any atom is -0.465 e. The molecule has 23 heavy (non-hydrogen) atoms. The second-order valence-corrected chi connectivity index (χ2v) is 5.26. The van der Waals surface area contributed by atoms with E-state index in [1.165, 1.54) is 7.11 Å². The van der Waals surface area contributed by atoms with Gasteiger partial charge in [0.05, 0.1) is 23.4 Å². The van der Waals surface area contributed by atoms with E-state index in [0.717, 1.165) is 0 Å². The Morgan fingerprint density at radius 2 is 1.65 bits per heavy atom. The lowest BCUT2D eigenvalue weighted by Crippen LogP contribution is -2.05. The molecule has 0 aliphatic carbocycles. The molecule has 4 aromatic rings. The molecule has 3 aromatic carbocycles. The van der Waals surface area contributed by atoms with Crippen molar-refractivity contribution in [2.24, 2.45) is 0 Å². The second kappa shape index (κ2) is 4.95. The normalized spacial score (nSPS) is 11.2. The average molecular weight is 304 g/mol. The maximum Gasteiger partial charge on any atom is 0.338 e. The molecule has 0 amide bonds. The van der Waals surface area contributed by atoms with Crippen LogP contribution in [0.4, 0.5) is 0 Å². The van der Waals surface area contributed by atoms with Gasteiger partial charge in [-0.25, -0.2) is 4.79 Å². The standard InChI is InChI=1S/C19H12O4/c1-22-19(21)13-7-4-6-12-11(13)9-10-16-17(12)18(20)14-5-2-3-8-15(14)23-16/h2-10H,1H3. The Kier molecular flexibility index (Phi) is 2.91. The summed E-state index contributed by atoms with van der Waals surface area (Å²) in [5.41, 5.74) is 1.38. The number of methoxy groups -OCH3 is 1. The molecule has 0 saturated heterocycles. The summed E-state index contributed by atoms with van der Waals surface area (Å²) in [7, 11) is 1.34. The summed E-state index contributed by atoms with van der Waals surface area (Å²) >= 11 is 0. The quantitative estimate of drug-likeness (QED) is 0.304. The van der Waals surface area contributed by atoms with Gasteiger partial charge in [0.2, 0.25) is 5.43 Å². The van der Waals surface area contributed by atoms with Crippen molar-refractivity contribution in [2.75, 3.05) is 7.11 Å². The molecule has 1 aromatic heterocycles. The molecule has 0 aliphatic rings. The molecule has 0 N–H and O–H groups in total. The minimum atomic E-state index is -0.430. The fourth-order valence-electron chi connectivity index (χ4n) is 2.94. The molecule has 0 fully saturated rings. The molecular weight excluding hydrogens is 292 g/mol. The van der Waals surface area contributed by atoms with Crippen molar-refractivity contribution in [2.45, 2.75) is 0 Å². The van der Waals surface area contributed by atoms with E-state index in [2.05, 4.69) is 0 Å². The maximum absolute atomic E-state index is 12.9. The molecule has 0 unspecified atom stereocenters. The fourth-order valence-corrected chi connectivity index (χ4v) is 2.94. The van der Waals surface area contributed by atoms with Gasteiger partial charge in [-0.1, -0.05) is 24.3 Å². The minimum absolute atomic E-state index is 0.102. The SMILES string of the molecule is COC(=O)c1cccc2c1ccc1oc3ccccc3c(=O)c12.